The summed E-state index contributed by atoms with van der Waals surface area (Å²) in [7, 11) is 0. The van der Waals surface area contributed by atoms with Gasteiger partial charge in [-0.2, -0.15) is 0 Å². The van der Waals surface area contributed by atoms with E-state index in [0.29, 0.717) is 12.3 Å². The zero-order valence-electron chi connectivity index (χ0n) is 11.8. The second-order valence-electron chi connectivity index (χ2n) is 7.39. The van der Waals surface area contributed by atoms with Crippen molar-refractivity contribution in [2.75, 3.05) is 0 Å². The third kappa shape index (κ3) is 1.79. The number of carboxylic acids is 1. The zero-order chi connectivity index (χ0) is 13.9. The number of carbonyl (C=O) groups is 2. The molecule has 0 aromatic rings. The predicted molar refractivity (Wildman–Crippen MR) is 67.9 cm³/mol. The molecule has 0 radical (unpaired) electrons. The highest BCUT2D eigenvalue weighted by Gasteiger charge is 2.63. The first kappa shape index (κ1) is 12.9. The van der Waals surface area contributed by atoms with Gasteiger partial charge in [0.2, 0.25) is 5.91 Å². The van der Waals surface area contributed by atoms with Crippen LogP contribution in [0.25, 0.3) is 0 Å². The molecule has 106 valence electrons. The Morgan fingerprint density at radius 1 is 1.21 bits per heavy atom. The summed E-state index contributed by atoms with van der Waals surface area (Å²) in [6.45, 7) is 3.68. The third-order valence-electron chi connectivity index (χ3n) is 5.81. The molecule has 4 aliphatic rings. The van der Waals surface area contributed by atoms with E-state index in [1.165, 1.54) is 6.92 Å². The average Bonchev–Trinajstić information content (AvgIpc) is 2.25. The third-order valence-corrected chi connectivity index (χ3v) is 5.81. The van der Waals surface area contributed by atoms with E-state index in [2.05, 4.69) is 12.2 Å². The summed E-state index contributed by atoms with van der Waals surface area (Å²) in [6, 6.07) is 0. The standard InChI is InChI=1S/C15H23NO3/c1-3-13-4-11-5-14(7-13,12(18)19)9-15(6-11,8-13)16-10(2)17/h11H,3-9H2,1-2H3,(H,16,17)(H,18,19)/p-1. The van der Waals surface area contributed by atoms with E-state index in [-0.39, 0.29) is 16.9 Å². The monoisotopic (exact) mass is 264 g/mol. The molecular weight excluding hydrogens is 242 g/mol. The number of carboxylic acid groups (broad SMARTS) is 1. The topological polar surface area (TPSA) is 69.2 Å². The molecule has 4 atom stereocenters. The van der Waals surface area contributed by atoms with Gasteiger partial charge in [-0.3, -0.25) is 4.79 Å². The molecule has 0 aromatic heterocycles. The van der Waals surface area contributed by atoms with Gasteiger partial charge in [-0.05, 0) is 49.9 Å². The van der Waals surface area contributed by atoms with Gasteiger partial charge in [0.1, 0.15) is 0 Å². The first-order chi connectivity index (χ1) is 8.83. The lowest BCUT2D eigenvalue weighted by Crippen LogP contribution is -2.69. The van der Waals surface area contributed by atoms with Crippen LogP contribution in [0.2, 0.25) is 0 Å². The molecule has 4 aliphatic carbocycles. The van der Waals surface area contributed by atoms with E-state index in [9.17, 15) is 14.7 Å². The van der Waals surface area contributed by atoms with Crippen LogP contribution < -0.4 is 10.4 Å². The van der Waals surface area contributed by atoms with Crippen LogP contribution in [0.1, 0.15) is 58.8 Å². The lowest BCUT2D eigenvalue weighted by Gasteiger charge is -2.67. The highest BCUT2D eigenvalue weighted by molar-refractivity contribution is 5.76. The Bertz CT molecular complexity index is 449. The van der Waals surface area contributed by atoms with Crippen molar-refractivity contribution in [3.05, 3.63) is 0 Å². The van der Waals surface area contributed by atoms with Gasteiger partial charge in [-0.1, -0.05) is 13.3 Å². The maximum Gasteiger partial charge on any atom is 0.217 e. The Morgan fingerprint density at radius 2 is 1.95 bits per heavy atom. The van der Waals surface area contributed by atoms with Gasteiger partial charge in [0.25, 0.3) is 0 Å². The molecule has 1 N–H and O–H groups in total. The fraction of sp³-hybridized carbons (Fsp3) is 0.867. The molecule has 4 heteroatoms. The number of amides is 1. The SMILES string of the molecule is CCC12CC3CC(NC(C)=O)(C1)CC(C(=O)[O-])(C3)C2. The van der Waals surface area contributed by atoms with Crippen LogP contribution in [0.3, 0.4) is 0 Å². The lowest BCUT2D eigenvalue weighted by molar-refractivity contribution is -0.330. The molecule has 0 spiro atoms. The first-order valence-electron chi connectivity index (χ1n) is 7.33. The van der Waals surface area contributed by atoms with Gasteiger partial charge in [-0.15, -0.1) is 0 Å². The fourth-order valence-corrected chi connectivity index (χ4v) is 5.77. The molecule has 0 saturated heterocycles. The Morgan fingerprint density at radius 3 is 2.53 bits per heavy atom. The minimum Gasteiger partial charge on any atom is -0.550 e. The zero-order valence-corrected chi connectivity index (χ0v) is 11.8. The molecule has 0 aliphatic heterocycles. The lowest BCUT2D eigenvalue weighted by atomic mass is 9.41. The van der Waals surface area contributed by atoms with E-state index in [0.717, 1.165) is 38.5 Å². The molecule has 0 aromatic carbocycles. The normalized spacial score (nSPS) is 47.2. The fourth-order valence-electron chi connectivity index (χ4n) is 5.77. The van der Waals surface area contributed by atoms with Crippen LogP contribution in [0.15, 0.2) is 0 Å². The highest BCUT2D eigenvalue weighted by Crippen LogP contribution is 2.67. The number of hydrogen-bond donors (Lipinski definition) is 1. The van der Waals surface area contributed by atoms with Crippen LogP contribution in [-0.4, -0.2) is 17.4 Å². The van der Waals surface area contributed by atoms with E-state index in [4.69, 9.17) is 0 Å². The van der Waals surface area contributed by atoms with Crippen molar-refractivity contribution in [2.45, 2.75) is 64.3 Å². The first-order valence-corrected chi connectivity index (χ1v) is 7.33. The highest BCUT2D eigenvalue weighted by atomic mass is 16.4. The molecule has 19 heavy (non-hydrogen) atoms. The number of aliphatic carboxylic acids is 1. The number of nitrogens with one attached hydrogen (secondary N) is 1. The molecule has 1 amide bonds. The summed E-state index contributed by atoms with van der Waals surface area (Å²) in [5, 5.41) is 14.8. The van der Waals surface area contributed by atoms with E-state index >= 15 is 0 Å². The molecule has 0 heterocycles. The molecule has 4 unspecified atom stereocenters. The summed E-state index contributed by atoms with van der Waals surface area (Å²) in [6.07, 6.45) is 6.08. The molecule has 4 rings (SSSR count). The van der Waals surface area contributed by atoms with Crippen molar-refractivity contribution in [3.8, 4) is 0 Å². The quantitative estimate of drug-likeness (QED) is 0.826. The predicted octanol–water partition coefficient (Wildman–Crippen LogP) is 0.992. The van der Waals surface area contributed by atoms with Gasteiger partial charge >= 0.3 is 0 Å². The van der Waals surface area contributed by atoms with Crippen molar-refractivity contribution in [1.82, 2.24) is 5.32 Å². The minimum atomic E-state index is -0.899. The number of carbonyl (C=O) groups excluding carboxylic acids is 2. The summed E-state index contributed by atoms with van der Waals surface area (Å²) < 4.78 is 0. The molecule has 4 nitrogen and oxygen atoms in total. The smallest absolute Gasteiger partial charge is 0.217 e. The Balaban J connectivity index is 2.01. The second kappa shape index (κ2) is 3.74. The van der Waals surface area contributed by atoms with E-state index in [1.807, 2.05) is 0 Å². The summed E-state index contributed by atoms with van der Waals surface area (Å²) in [5.41, 5.74) is -0.888. The van der Waals surface area contributed by atoms with Gasteiger partial charge < -0.3 is 15.2 Å². The van der Waals surface area contributed by atoms with Crippen molar-refractivity contribution in [1.29, 1.82) is 0 Å². The Hall–Kier alpha value is -1.06. The maximum atomic E-state index is 11.7. The average molecular weight is 264 g/mol. The maximum absolute atomic E-state index is 11.7. The molecular formula is C15H22NO3-. The van der Waals surface area contributed by atoms with Crippen LogP contribution in [0, 0.1) is 16.7 Å². The van der Waals surface area contributed by atoms with Crippen LogP contribution in [-0.2, 0) is 9.59 Å². The Kier molecular flexibility index (Phi) is 2.55. The summed E-state index contributed by atoms with van der Waals surface area (Å²) in [5.74, 6) is -0.508. The van der Waals surface area contributed by atoms with Crippen molar-refractivity contribution < 1.29 is 14.7 Å². The van der Waals surface area contributed by atoms with Crippen LogP contribution in [0.4, 0.5) is 0 Å². The Labute approximate surface area is 113 Å². The van der Waals surface area contributed by atoms with Gasteiger partial charge in [0.15, 0.2) is 0 Å². The second-order valence-corrected chi connectivity index (χ2v) is 7.39. The molecule has 4 fully saturated rings. The van der Waals surface area contributed by atoms with Gasteiger partial charge in [0.05, 0.1) is 0 Å². The van der Waals surface area contributed by atoms with E-state index < -0.39 is 11.4 Å². The summed E-state index contributed by atoms with van der Waals surface area (Å²) in [4.78, 5) is 23.2. The van der Waals surface area contributed by atoms with Crippen molar-refractivity contribution >= 4 is 11.9 Å². The van der Waals surface area contributed by atoms with Crippen LogP contribution in [0.5, 0.6) is 0 Å². The van der Waals surface area contributed by atoms with Crippen molar-refractivity contribution in [3.63, 3.8) is 0 Å². The number of rotatable bonds is 3. The van der Waals surface area contributed by atoms with Crippen LogP contribution >= 0.6 is 0 Å². The minimum absolute atomic E-state index is 0.0401. The van der Waals surface area contributed by atoms with Crippen molar-refractivity contribution in [2.24, 2.45) is 16.7 Å². The molecule has 4 bridgehead atoms. The van der Waals surface area contributed by atoms with Gasteiger partial charge in [0, 0.05) is 23.8 Å². The largest absolute Gasteiger partial charge is 0.550 e. The molecule has 4 saturated carbocycles. The van der Waals surface area contributed by atoms with Gasteiger partial charge in [-0.25, -0.2) is 0 Å². The number of hydrogen-bond acceptors (Lipinski definition) is 3. The summed E-state index contributed by atoms with van der Waals surface area (Å²) >= 11 is 0. The van der Waals surface area contributed by atoms with E-state index in [1.54, 1.807) is 0 Å².